The lowest BCUT2D eigenvalue weighted by Crippen LogP contribution is -2.38. The van der Waals surface area contributed by atoms with Crippen molar-refractivity contribution in [2.75, 3.05) is 12.0 Å². The molecule has 1 amide bonds. The zero-order valence-electron chi connectivity index (χ0n) is 20.1. The van der Waals surface area contributed by atoms with Crippen LogP contribution in [-0.4, -0.2) is 41.4 Å². The van der Waals surface area contributed by atoms with Crippen LogP contribution in [0.4, 0.5) is 5.69 Å². The number of carboxylic acids is 1. The number of rotatable bonds is 10. The summed E-state index contributed by atoms with van der Waals surface area (Å²) in [4.78, 5) is 50.8. The van der Waals surface area contributed by atoms with Crippen molar-refractivity contribution in [2.45, 2.75) is 46.3 Å². The fourth-order valence-electron chi connectivity index (χ4n) is 2.89. The lowest BCUT2D eigenvalue weighted by Gasteiger charge is -2.29. The normalized spacial score (nSPS) is 11.2. The maximum atomic E-state index is 13.2. The Labute approximate surface area is 213 Å². The van der Waals surface area contributed by atoms with Gasteiger partial charge in [0.1, 0.15) is 16.9 Å². The van der Waals surface area contributed by atoms with Crippen LogP contribution in [-0.2, 0) is 25.7 Å². The first-order valence-electron chi connectivity index (χ1n) is 10.7. The van der Waals surface area contributed by atoms with Crippen LogP contribution < -0.4 is 9.64 Å². The summed E-state index contributed by atoms with van der Waals surface area (Å²) < 4.78 is 10.5. The van der Waals surface area contributed by atoms with E-state index in [0.717, 1.165) is 0 Å². The van der Waals surface area contributed by atoms with Gasteiger partial charge < -0.3 is 19.5 Å². The molecule has 10 heteroatoms. The highest BCUT2D eigenvalue weighted by atomic mass is 35.5. The van der Waals surface area contributed by atoms with E-state index in [1.165, 1.54) is 30.2 Å². The molecule has 0 aliphatic heterocycles. The molecule has 8 nitrogen and oxygen atoms in total. The number of ketones is 1. The van der Waals surface area contributed by atoms with Crippen LogP contribution in [0.5, 0.6) is 5.75 Å². The number of ether oxygens (including phenoxy) is 2. The first-order valence-corrected chi connectivity index (χ1v) is 11.4. The molecule has 0 saturated carbocycles. The zero-order valence-corrected chi connectivity index (χ0v) is 21.6. The molecule has 0 atom stereocenters. The second-order valence-corrected chi connectivity index (χ2v) is 9.48. The minimum Gasteiger partial charge on any atom is -0.496 e. The maximum absolute atomic E-state index is 13.2. The van der Waals surface area contributed by atoms with E-state index in [9.17, 15) is 24.3 Å². The summed E-state index contributed by atoms with van der Waals surface area (Å²) >= 11 is 12.1. The van der Waals surface area contributed by atoms with Crippen LogP contribution in [0.2, 0.25) is 10.0 Å². The molecule has 2 rings (SSSR count). The molecular weight excluding hydrogens is 497 g/mol. The smallest absolute Gasteiger partial charge is 0.375 e. The molecule has 0 spiro atoms. The predicted molar refractivity (Wildman–Crippen MR) is 132 cm³/mol. The third-order valence-corrected chi connectivity index (χ3v) is 6.38. The summed E-state index contributed by atoms with van der Waals surface area (Å²) in [6.45, 7) is 7.01. The average molecular weight is 524 g/mol. The molecule has 2 aromatic rings. The molecule has 0 saturated heterocycles. The molecule has 2 aromatic carbocycles. The monoisotopic (exact) mass is 523 g/mol. The number of halogens is 2. The van der Waals surface area contributed by atoms with E-state index >= 15 is 0 Å². The number of esters is 1. The molecule has 0 aliphatic rings. The van der Waals surface area contributed by atoms with Crippen molar-refractivity contribution in [1.29, 1.82) is 0 Å². The molecule has 0 radical (unpaired) electrons. The number of carboxylic acid groups (broad SMARTS) is 1. The fourth-order valence-corrected chi connectivity index (χ4v) is 3.21. The van der Waals surface area contributed by atoms with Gasteiger partial charge in [-0.05, 0) is 49.6 Å². The van der Waals surface area contributed by atoms with Gasteiger partial charge in [0, 0.05) is 11.8 Å². The molecule has 0 fully saturated rings. The van der Waals surface area contributed by atoms with Crippen LogP contribution in [0, 0.1) is 5.92 Å². The summed E-state index contributed by atoms with van der Waals surface area (Å²) in [6, 6.07) is 8.84. The standard InChI is InChI=1S/C25H27Cl2NO7/c1-14(2)25(3,4)35-24(33)20(29)12-22(30)28(13-15-6-9-18(26)19(27)10-15)16-7-8-17(23(31)32)21(11-16)34-5/h6-11,14H,12-13H2,1-5H3,(H,31,32). The Hall–Kier alpha value is -3.10. The van der Waals surface area contributed by atoms with E-state index in [-0.39, 0.29) is 34.5 Å². The Morgan fingerprint density at radius 3 is 2.23 bits per heavy atom. The highest BCUT2D eigenvalue weighted by Crippen LogP contribution is 2.29. The number of aromatic carboxylic acids is 1. The van der Waals surface area contributed by atoms with Gasteiger partial charge in [-0.3, -0.25) is 9.59 Å². The van der Waals surface area contributed by atoms with Gasteiger partial charge in [-0.15, -0.1) is 0 Å². The summed E-state index contributed by atoms with van der Waals surface area (Å²) in [5, 5.41) is 9.95. The molecule has 0 aromatic heterocycles. The summed E-state index contributed by atoms with van der Waals surface area (Å²) in [5.41, 5.74) is -0.152. The summed E-state index contributed by atoms with van der Waals surface area (Å²) in [5.74, 6) is -4.05. The van der Waals surface area contributed by atoms with Crippen molar-refractivity contribution in [3.05, 3.63) is 57.6 Å². The van der Waals surface area contributed by atoms with Crippen molar-refractivity contribution < 1.29 is 33.8 Å². The Balaban J connectivity index is 2.39. The van der Waals surface area contributed by atoms with Crippen molar-refractivity contribution >= 4 is 52.5 Å². The van der Waals surface area contributed by atoms with E-state index < -0.39 is 35.7 Å². The van der Waals surface area contributed by atoms with Crippen LogP contribution in [0.25, 0.3) is 0 Å². The number of carbonyl (C=O) groups excluding carboxylic acids is 3. The SMILES string of the molecule is COc1cc(N(Cc2ccc(Cl)c(Cl)c2)C(=O)CC(=O)C(=O)OC(C)(C)C(C)C)ccc1C(=O)O. The number of anilines is 1. The Morgan fingerprint density at radius 1 is 1.03 bits per heavy atom. The number of carbonyl (C=O) groups is 4. The Bertz CT molecular complexity index is 1140. The topological polar surface area (TPSA) is 110 Å². The highest BCUT2D eigenvalue weighted by Gasteiger charge is 2.32. The molecule has 188 valence electrons. The van der Waals surface area contributed by atoms with E-state index in [0.29, 0.717) is 10.6 Å². The van der Waals surface area contributed by atoms with Crippen molar-refractivity contribution in [3.8, 4) is 5.75 Å². The molecule has 0 aliphatic carbocycles. The van der Waals surface area contributed by atoms with Crippen LogP contribution >= 0.6 is 23.2 Å². The first kappa shape index (κ1) is 28.1. The molecule has 0 heterocycles. The lowest BCUT2D eigenvalue weighted by atomic mass is 9.94. The molecular formula is C25H27Cl2NO7. The summed E-state index contributed by atoms with van der Waals surface area (Å²) in [6.07, 6.45) is -0.753. The van der Waals surface area contributed by atoms with Gasteiger partial charge in [-0.25, -0.2) is 9.59 Å². The number of hydrogen-bond acceptors (Lipinski definition) is 6. The van der Waals surface area contributed by atoms with Gasteiger partial charge in [0.2, 0.25) is 11.7 Å². The average Bonchev–Trinajstić information content (AvgIpc) is 2.78. The van der Waals surface area contributed by atoms with Crippen molar-refractivity contribution in [3.63, 3.8) is 0 Å². The maximum Gasteiger partial charge on any atom is 0.375 e. The van der Waals surface area contributed by atoms with Crippen LogP contribution in [0.3, 0.4) is 0 Å². The van der Waals surface area contributed by atoms with Crippen molar-refractivity contribution in [2.24, 2.45) is 5.92 Å². The predicted octanol–water partition coefficient (Wildman–Crippen LogP) is 5.17. The van der Waals surface area contributed by atoms with Crippen LogP contribution in [0.1, 0.15) is 50.0 Å². The minimum atomic E-state index is -1.21. The molecule has 0 bridgehead atoms. The number of benzene rings is 2. The van der Waals surface area contributed by atoms with Gasteiger partial charge in [0.15, 0.2) is 0 Å². The first-order chi connectivity index (χ1) is 16.3. The molecule has 1 N–H and O–H groups in total. The van der Waals surface area contributed by atoms with E-state index in [1.54, 1.807) is 32.0 Å². The number of Topliss-reactive ketones (excluding diaryl/α,β-unsaturated/α-hetero) is 1. The zero-order chi connectivity index (χ0) is 26.5. The third kappa shape index (κ3) is 7.19. The molecule has 35 heavy (non-hydrogen) atoms. The van der Waals surface area contributed by atoms with Gasteiger partial charge in [-0.1, -0.05) is 43.1 Å². The van der Waals surface area contributed by atoms with Crippen LogP contribution in [0.15, 0.2) is 36.4 Å². The fraction of sp³-hybridized carbons (Fsp3) is 0.360. The third-order valence-electron chi connectivity index (χ3n) is 5.64. The van der Waals surface area contributed by atoms with Gasteiger partial charge in [0.05, 0.1) is 30.1 Å². The minimum absolute atomic E-state index is 0.0198. The molecule has 0 unspecified atom stereocenters. The lowest BCUT2D eigenvalue weighted by molar-refractivity contribution is -0.167. The second kappa shape index (κ2) is 11.6. The largest absolute Gasteiger partial charge is 0.496 e. The van der Waals surface area contributed by atoms with E-state index in [4.69, 9.17) is 32.7 Å². The Morgan fingerprint density at radius 2 is 1.69 bits per heavy atom. The highest BCUT2D eigenvalue weighted by molar-refractivity contribution is 6.42. The number of nitrogens with zero attached hydrogens (tertiary/aromatic N) is 1. The van der Waals surface area contributed by atoms with Gasteiger partial charge in [-0.2, -0.15) is 0 Å². The van der Waals surface area contributed by atoms with Gasteiger partial charge >= 0.3 is 11.9 Å². The quantitative estimate of drug-likeness (QED) is 0.259. The summed E-state index contributed by atoms with van der Waals surface area (Å²) in [7, 11) is 1.30. The number of amides is 1. The van der Waals surface area contributed by atoms with Gasteiger partial charge in [0.25, 0.3) is 0 Å². The number of methoxy groups -OCH3 is 1. The second-order valence-electron chi connectivity index (χ2n) is 8.67. The van der Waals surface area contributed by atoms with E-state index in [1.807, 2.05) is 13.8 Å². The number of hydrogen-bond donors (Lipinski definition) is 1. The van der Waals surface area contributed by atoms with E-state index in [2.05, 4.69) is 0 Å². The Kier molecular flexibility index (Phi) is 9.29. The van der Waals surface area contributed by atoms with Crippen molar-refractivity contribution in [1.82, 2.24) is 0 Å².